The van der Waals surface area contributed by atoms with Gasteiger partial charge in [-0.2, -0.15) is 0 Å². The third-order valence-electron chi connectivity index (χ3n) is 3.49. The molecular weight excluding hydrogens is 196 g/mol. The van der Waals surface area contributed by atoms with E-state index in [2.05, 4.69) is 42.6 Å². The van der Waals surface area contributed by atoms with E-state index in [0.717, 1.165) is 6.42 Å². The van der Waals surface area contributed by atoms with Crippen molar-refractivity contribution in [2.45, 2.75) is 50.7 Å². The van der Waals surface area contributed by atoms with Crippen molar-refractivity contribution >= 4 is 0 Å². The minimum Gasteiger partial charge on any atom is -0.326 e. The Morgan fingerprint density at radius 1 is 1.25 bits per heavy atom. The van der Waals surface area contributed by atoms with Gasteiger partial charge in [0, 0.05) is 18.1 Å². The van der Waals surface area contributed by atoms with Gasteiger partial charge in [0.1, 0.15) is 0 Å². The van der Waals surface area contributed by atoms with Crippen molar-refractivity contribution < 1.29 is 0 Å². The van der Waals surface area contributed by atoms with Gasteiger partial charge in [0.15, 0.2) is 0 Å². The predicted molar refractivity (Wildman–Crippen MR) is 68.2 cm³/mol. The van der Waals surface area contributed by atoms with Crippen LogP contribution in [-0.2, 0) is 0 Å². The maximum Gasteiger partial charge on any atom is 0.0475 e. The van der Waals surface area contributed by atoms with Crippen LogP contribution in [-0.4, -0.2) is 12.1 Å². The molecule has 1 heterocycles. The van der Waals surface area contributed by atoms with Crippen LogP contribution in [0.4, 0.5) is 0 Å². The highest BCUT2D eigenvalue weighted by atomic mass is 15.0. The molecule has 0 spiro atoms. The molecule has 0 saturated carbocycles. The van der Waals surface area contributed by atoms with Crippen LogP contribution in [0.15, 0.2) is 30.3 Å². The van der Waals surface area contributed by atoms with E-state index in [4.69, 9.17) is 5.73 Å². The molecule has 1 aliphatic heterocycles. The van der Waals surface area contributed by atoms with Gasteiger partial charge >= 0.3 is 0 Å². The maximum atomic E-state index is 6.21. The van der Waals surface area contributed by atoms with Gasteiger partial charge in [-0.15, -0.1) is 0 Å². The van der Waals surface area contributed by atoms with Crippen molar-refractivity contribution in [1.82, 2.24) is 5.32 Å². The van der Waals surface area contributed by atoms with E-state index >= 15 is 0 Å². The fraction of sp³-hybridized carbons (Fsp3) is 0.571. The zero-order chi connectivity index (χ0) is 11.4. The predicted octanol–water partition coefficient (Wildman–Crippen LogP) is 2.61. The lowest BCUT2D eigenvalue weighted by molar-refractivity contribution is 0.277. The summed E-state index contributed by atoms with van der Waals surface area (Å²) in [4.78, 5) is 0. The molecular formula is C14H22N2. The Hall–Kier alpha value is -0.860. The molecule has 2 heteroatoms. The second kappa shape index (κ2) is 5.46. The van der Waals surface area contributed by atoms with Gasteiger partial charge in [0.2, 0.25) is 0 Å². The van der Waals surface area contributed by atoms with Gasteiger partial charge < -0.3 is 11.1 Å². The van der Waals surface area contributed by atoms with Crippen molar-refractivity contribution in [2.24, 2.45) is 5.73 Å². The number of nitrogens with one attached hydrogen (secondary N) is 1. The summed E-state index contributed by atoms with van der Waals surface area (Å²) in [5.41, 5.74) is 7.54. The van der Waals surface area contributed by atoms with E-state index in [-0.39, 0.29) is 6.04 Å². The minimum absolute atomic E-state index is 0.260. The molecule has 1 aliphatic rings. The molecule has 2 rings (SSSR count). The Morgan fingerprint density at radius 3 is 2.69 bits per heavy atom. The van der Waals surface area contributed by atoms with Crippen molar-refractivity contribution in [1.29, 1.82) is 0 Å². The van der Waals surface area contributed by atoms with Gasteiger partial charge in [-0.05, 0) is 24.8 Å². The number of piperidine rings is 1. The third kappa shape index (κ3) is 2.63. The molecule has 1 aromatic carbocycles. The highest BCUT2D eigenvalue weighted by Crippen LogP contribution is 2.26. The summed E-state index contributed by atoms with van der Waals surface area (Å²) < 4.78 is 0. The first-order valence-electron chi connectivity index (χ1n) is 6.38. The zero-order valence-corrected chi connectivity index (χ0v) is 10.0. The van der Waals surface area contributed by atoms with E-state index < -0.39 is 0 Å². The van der Waals surface area contributed by atoms with Crippen LogP contribution in [0.5, 0.6) is 0 Å². The first kappa shape index (κ1) is 11.6. The minimum atomic E-state index is 0.260. The molecule has 3 atom stereocenters. The molecule has 3 N–H and O–H groups in total. The molecule has 1 aromatic rings. The number of hydrogen-bond donors (Lipinski definition) is 2. The van der Waals surface area contributed by atoms with Crippen LogP contribution in [0.2, 0.25) is 0 Å². The highest BCUT2D eigenvalue weighted by molar-refractivity contribution is 5.21. The fourth-order valence-electron chi connectivity index (χ4n) is 2.60. The van der Waals surface area contributed by atoms with Gasteiger partial charge in [-0.25, -0.2) is 0 Å². The molecule has 16 heavy (non-hydrogen) atoms. The lowest BCUT2D eigenvalue weighted by Gasteiger charge is -2.36. The standard InChI is InChI=1S/C14H22N2/c1-2-6-12-9-10-13(15)14(16-12)11-7-4-3-5-8-11/h3-5,7-8,12-14,16H,2,6,9-10,15H2,1H3. The van der Waals surface area contributed by atoms with Crippen LogP contribution < -0.4 is 11.1 Å². The lowest BCUT2D eigenvalue weighted by atomic mass is 9.88. The molecule has 0 bridgehead atoms. The SMILES string of the molecule is CCCC1CCC(N)C(c2ccccc2)N1. The summed E-state index contributed by atoms with van der Waals surface area (Å²) in [6.45, 7) is 2.24. The first-order chi connectivity index (χ1) is 7.81. The molecule has 0 aromatic heterocycles. The van der Waals surface area contributed by atoms with E-state index in [1.165, 1.54) is 24.8 Å². The number of rotatable bonds is 3. The Kier molecular flexibility index (Phi) is 3.97. The summed E-state index contributed by atoms with van der Waals surface area (Å²) in [5, 5.41) is 3.70. The molecule has 2 nitrogen and oxygen atoms in total. The van der Waals surface area contributed by atoms with Gasteiger partial charge in [-0.3, -0.25) is 0 Å². The Balaban J connectivity index is 2.07. The fourth-order valence-corrected chi connectivity index (χ4v) is 2.60. The maximum absolute atomic E-state index is 6.21. The summed E-state index contributed by atoms with van der Waals surface area (Å²) in [6, 6.07) is 11.8. The van der Waals surface area contributed by atoms with Crippen molar-refractivity contribution in [2.75, 3.05) is 0 Å². The van der Waals surface area contributed by atoms with Crippen molar-refractivity contribution in [3.8, 4) is 0 Å². The average Bonchev–Trinajstić information content (AvgIpc) is 2.33. The Labute approximate surface area is 98.2 Å². The van der Waals surface area contributed by atoms with E-state index in [1.54, 1.807) is 0 Å². The van der Waals surface area contributed by atoms with Crippen LogP contribution in [0.1, 0.15) is 44.2 Å². The first-order valence-corrected chi connectivity index (χ1v) is 6.38. The molecule has 0 amide bonds. The molecule has 0 radical (unpaired) electrons. The topological polar surface area (TPSA) is 38.0 Å². The monoisotopic (exact) mass is 218 g/mol. The third-order valence-corrected chi connectivity index (χ3v) is 3.49. The molecule has 0 aliphatic carbocycles. The van der Waals surface area contributed by atoms with Crippen LogP contribution in [0, 0.1) is 0 Å². The summed E-state index contributed by atoms with van der Waals surface area (Å²) in [5.74, 6) is 0. The number of nitrogens with two attached hydrogens (primary N) is 1. The average molecular weight is 218 g/mol. The number of hydrogen-bond acceptors (Lipinski definition) is 2. The smallest absolute Gasteiger partial charge is 0.0475 e. The van der Waals surface area contributed by atoms with Crippen LogP contribution in [0.25, 0.3) is 0 Å². The van der Waals surface area contributed by atoms with Crippen molar-refractivity contribution in [3.05, 3.63) is 35.9 Å². The summed E-state index contributed by atoms with van der Waals surface area (Å²) in [6.07, 6.45) is 4.86. The van der Waals surface area contributed by atoms with E-state index in [9.17, 15) is 0 Å². The summed E-state index contributed by atoms with van der Waals surface area (Å²) >= 11 is 0. The van der Waals surface area contributed by atoms with Gasteiger partial charge in [-0.1, -0.05) is 43.7 Å². The van der Waals surface area contributed by atoms with Crippen LogP contribution >= 0.6 is 0 Å². The van der Waals surface area contributed by atoms with E-state index in [0.29, 0.717) is 12.1 Å². The van der Waals surface area contributed by atoms with E-state index in [1.807, 2.05) is 0 Å². The normalized spacial score (nSPS) is 30.2. The molecule has 88 valence electrons. The quantitative estimate of drug-likeness (QED) is 0.818. The Bertz CT molecular complexity index is 310. The van der Waals surface area contributed by atoms with Crippen molar-refractivity contribution in [3.63, 3.8) is 0 Å². The molecule has 1 fully saturated rings. The lowest BCUT2D eigenvalue weighted by Crippen LogP contribution is -2.48. The molecule has 1 saturated heterocycles. The second-order valence-electron chi connectivity index (χ2n) is 4.78. The number of benzene rings is 1. The van der Waals surface area contributed by atoms with Gasteiger partial charge in [0.25, 0.3) is 0 Å². The second-order valence-corrected chi connectivity index (χ2v) is 4.78. The van der Waals surface area contributed by atoms with Gasteiger partial charge in [0.05, 0.1) is 0 Å². The zero-order valence-electron chi connectivity index (χ0n) is 10.0. The largest absolute Gasteiger partial charge is 0.326 e. The Morgan fingerprint density at radius 2 is 2.00 bits per heavy atom. The van der Waals surface area contributed by atoms with Crippen LogP contribution in [0.3, 0.4) is 0 Å². The summed E-state index contributed by atoms with van der Waals surface area (Å²) in [7, 11) is 0. The highest BCUT2D eigenvalue weighted by Gasteiger charge is 2.27. The molecule has 3 unspecified atom stereocenters.